The third-order valence-electron chi connectivity index (χ3n) is 3.92. The van der Waals surface area contributed by atoms with Crippen molar-refractivity contribution in [2.24, 2.45) is 5.73 Å². The van der Waals surface area contributed by atoms with Gasteiger partial charge in [0.05, 0.1) is 0 Å². The van der Waals surface area contributed by atoms with Gasteiger partial charge in [-0.1, -0.05) is 76.9 Å². The fourth-order valence-corrected chi connectivity index (χ4v) is 2.54. The number of nitrogens with two attached hydrogens (primary N) is 1. The average Bonchev–Trinajstić information content (AvgIpc) is 2.43. The zero-order valence-corrected chi connectivity index (χ0v) is 14.2. The fourth-order valence-electron chi connectivity index (χ4n) is 2.54. The van der Waals surface area contributed by atoms with Crippen molar-refractivity contribution in [3.05, 3.63) is 12.2 Å². The van der Waals surface area contributed by atoms with Crippen LogP contribution in [0.4, 0.5) is 0 Å². The molecule has 0 aromatic heterocycles. The van der Waals surface area contributed by atoms with Crippen molar-refractivity contribution in [2.45, 2.75) is 110 Å². The van der Waals surface area contributed by atoms with Gasteiger partial charge in [0.1, 0.15) is 0 Å². The fraction of sp³-hybridized carbons (Fsp3) is 0.895. The van der Waals surface area contributed by atoms with Crippen LogP contribution in [-0.2, 0) is 0 Å². The maximum atomic E-state index is 5.74. The van der Waals surface area contributed by atoms with Crippen LogP contribution in [0.2, 0.25) is 0 Å². The van der Waals surface area contributed by atoms with E-state index < -0.39 is 0 Å². The number of rotatable bonds is 15. The zero-order chi connectivity index (χ0) is 14.9. The Kier molecular flexibility index (Phi) is 16.5. The Labute approximate surface area is 128 Å². The molecular formula is C19H39N. The Balaban J connectivity index is 3.05. The molecule has 1 heteroatoms. The van der Waals surface area contributed by atoms with E-state index in [1.54, 1.807) is 0 Å². The number of hydrogen-bond donors (Lipinski definition) is 1. The average molecular weight is 282 g/mol. The van der Waals surface area contributed by atoms with E-state index >= 15 is 0 Å². The van der Waals surface area contributed by atoms with Crippen LogP contribution < -0.4 is 5.73 Å². The molecule has 0 bridgehead atoms. The van der Waals surface area contributed by atoms with Gasteiger partial charge in [-0.2, -0.15) is 0 Å². The van der Waals surface area contributed by atoms with Crippen LogP contribution in [-0.4, -0.2) is 6.04 Å². The number of allylic oxidation sites excluding steroid dienone is 2. The first-order chi connectivity index (χ1) is 9.77. The first-order valence-electron chi connectivity index (χ1n) is 9.18. The van der Waals surface area contributed by atoms with Gasteiger partial charge in [0.25, 0.3) is 0 Å². The summed E-state index contributed by atoms with van der Waals surface area (Å²) in [4.78, 5) is 0. The second-order valence-corrected chi connectivity index (χ2v) is 6.35. The molecule has 0 aliphatic carbocycles. The van der Waals surface area contributed by atoms with E-state index in [-0.39, 0.29) is 0 Å². The van der Waals surface area contributed by atoms with E-state index in [1.807, 2.05) is 0 Å². The summed E-state index contributed by atoms with van der Waals surface area (Å²) in [7, 11) is 0. The van der Waals surface area contributed by atoms with E-state index in [0.717, 1.165) is 0 Å². The van der Waals surface area contributed by atoms with Gasteiger partial charge in [-0.3, -0.25) is 0 Å². The van der Waals surface area contributed by atoms with E-state index in [4.69, 9.17) is 5.73 Å². The van der Waals surface area contributed by atoms with E-state index in [1.165, 1.54) is 89.9 Å². The molecule has 1 nitrogen and oxygen atoms in total. The monoisotopic (exact) mass is 281 g/mol. The van der Waals surface area contributed by atoms with Crippen LogP contribution in [0.5, 0.6) is 0 Å². The summed E-state index contributed by atoms with van der Waals surface area (Å²) >= 11 is 0. The lowest BCUT2D eigenvalue weighted by molar-refractivity contribution is 0.557. The van der Waals surface area contributed by atoms with Gasteiger partial charge in [0.2, 0.25) is 0 Å². The zero-order valence-electron chi connectivity index (χ0n) is 14.2. The van der Waals surface area contributed by atoms with Gasteiger partial charge >= 0.3 is 0 Å². The molecule has 0 spiro atoms. The van der Waals surface area contributed by atoms with Crippen LogP contribution in [0.15, 0.2) is 12.2 Å². The highest BCUT2D eigenvalue weighted by atomic mass is 14.6. The maximum absolute atomic E-state index is 5.74. The molecule has 0 amide bonds. The van der Waals surface area contributed by atoms with Crippen LogP contribution in [0.25, 0.3) is 0 Å². The van der Waals surface area contributed by atoms with Crippen molar-refractivity contribution >= 4 is 0 Å². The second-order valence-electron chi connectivity index (χ2n) is 6.35. The first-order valence-corrected chi connectivity index (χ1v) is 9.18. The molecule has 0 heterocycles. The Bertz CT molecular complexity index is 196. The standard InChI is InChI=1S/C19H39N/c1-3-4-5-6-7-8-9-10-11-12-13-14-15-16-17-18-19(2)20/h10-11,19H,3-9,12-18,20H2,1-2H3/b11-10-. The van der Waals surface area contributed by atoms with Gasteiger partial charge in [-0.15, -0.1) is 0 Å². The molecule has 0 aromatic rings. The van der Waals surface area contributed by atoms with Crippen molar-refractivity contribution in [3.63, 3.8) is 0 Å². The molecule has 0 saturated heterocycles. The van der Waals surface area contributed by atoms with E-state index in [0.29, 0.717) is 6.04 Å². The summed E-state index contributed by atoms with van der Waals surface area (Å²) in [6.45, 7) is 4.39. The highest BCUT2D eigenvalue weighted by Crippen LogP contribution is 2.10. The molecule has 1 atom stereocenters. The van der Waals surface area contributed by atoms with E-state index in [9.17, 15) is 0 Å². The molecule has 0 rings (SSSR count). The van der Waals surface area contributed by atoms with Crippen molar-refractivity contribution in [1.29, 1.82) is 0 Å². The number of unbranched alkanes of at least 4 members (excludes halogenated alkanes) is 11. The van der Waals surface area contributed by atoms with Gasteiger partial charge in [0, 0.05) is 6.04 Å². The van der Waals surface area contributed by atoms with Crippen LogP contribution in [0.1, 0.15) is 104 Å². The van der Waals surface area contributed by atoms with Crippen LogP contribution in [0.3, 0.4) is 0 Å². The maximum Gasteiger partial charge on any atom is 0.00104 e. The summed E-state index contributed by atoms with van der Waals surface area (Å²) < 4.78 is 0. The highest BCUT2D eigenvalue weighted by molar-refractivity contribution is 4.81. The lowest BCUT2D eigenvalue weighted by Gasteiger charge is -2.03. The quantitative estimate of drug-likeness (QED) is 0.274. The number of hydrogen-bond acceptors (Lipinski definition) is 1. The topological polar surface area (TPSA) is 26.0 Å². The predicted octanol–water partition coefficient (Wildman–Crippen LogP) is 6.37. The van der Waals surface area contributed by atoms with Gasteiger partial charge in [-0.25, -0.2) is 0 Å². The summed E-state index contributed by atoms with van der Waals surface area (Å²) in [6.07, 6.45) is 23.8. The minimum Gasteiger partial charge on any atom is -0.328 e. The molecular weight excluding hydrogens is 242 g/mol. The Hall–Kier alpha value is -0.300. The Morgan fingerprint density at radius 2 is 1.15 bits per heavy atom. The molecule has 20 heavy (non-hydrogen) atoms. The smallest absolute Gasteiger partial charge is 0.00104 e. The molecule has 0 radical (unpaired) electrons. The summed E-state index contributed by atoms with van der Waals surface area (Å²) in [5, 5.41) is 0. The van der Waals surface area contributed by atoms with Gasteiger partial charge < -0.3 is 5.73 Å². The molecule has 1 unspecified atom stereocenters. The molecule has 0 aromatic carbocycles. The molecule has 0 fully saturated rings. The van der Waals surface area contributed by atoms with E-state index in [2.05, 4.69) is 26.0 Å². The Morgan fingerprint density at radius 3 is 1.65 bits per heavy atom. The molecule has 0 aliphatic heterocycles. The van der Waals surface area contributed by atoms with Crippen LogP contribution >= 0.6 is 0 Å². The first kappa shape index (κ1) is 19.7. The lowest BCUT2D eigenvalue weighted by atomic mass is 10.1. The third-order valence-corrected chi connectivity index (χ3v) is 3.92. The van der Waals surface area contributed by atoms with Gasteiger partial charge in [-0.05, 0) is 39.0 Å². The molecule has 0 aliphatic rings. The minimum atomic E-state index is 0.389. The summed E-state index contributed by atoms with van der Waals surface area (Å²) in [5.41, 5.74) is 5.74. The van der Waals surface area contributed by atoms with Crippen molar-refractivity contribution < 1.29 is 0 Å². The van der Waals surface area contributed by atoms with Crippen molar-refractivity contribution in [1.82, 2.24) is 0 Å². The highest BCUT2D eigenvalue weighted by Gasteiger charge is 1.94. The third kappa shape index (κ3) is 17.7. The van der Waals surface area contributed by atoms with Crippen molar-refractivity contribution in [2.75, 3.05) is 0 Å². The predicted molar refractivity (Wildman–Crippen MR) is 93.1 cm³/mol. The Morgan fingerprint density at radius 1 is 0.700 bits per heavy atom. The second kappa shape index (κ2) is 16.8. The largest absolute Gasteiger partial charge is 0.328 e. The summed E-state index contributed by atoms with van der Waals surface area (Å²) in [5.74, 6) is 0. The molecule has 2 N–H and O–H groups in total. The lowest BCUT2D eigenvalue weighted by Crippen LogP contribution is -2.13. The molecule has 120 valence electrons. The molecule has 0 saturated carbocycles. The van der Waals surface area contributed by atoms with Crippen LogP contribution in [0, 0.1) is 0 Å². The summed E-state index contributed by atoms with van der Waals surface area (Å²) in [6, 6.07) is 0.389. The van der Waals surface area contributed by atoms with Gasteiger partial charge in [0.15, 0.2) is 0 Å². The normalized spacial score (nSPS) is 13.2. The van der Waals surface area contributed by atoms with Crippen molar-refractivity contribution in [3.8, 4) is 0 Å². The SMILES string of the molecule is CCCCCCCC/C=C\CCCCCCCC(C)N. The minimum absolute atomic E-state index is 0.389.